The summed E-state index contributed by atoms with van der Waals surface area (Å²) in [5.74, 6) is 0.0171. The first-order valence-corrected chi connectivity index (χ1v) is 10.5. The van der Waals surface area contributed by atoms with E-state index in [0.29, 0.717) is 5.69 Å². The van der Waals surface area contributed by atoms with Crippen LogP contribution in [0.5, 0.6) is 5.75 Å². The highest BCUT2D eigenvalue weighted by molar-refractivity contribution is 7.89. The van der Waals surface area contributed by atoms with Crippen LogP contribution >= 0.6 is 0 Å². The molecule has 0 aromatic heterocycles. The van der Waals surface area contributed by atoms with Crippen LogP contribution in [0.3, 0.4) is 0 Å². The molecule has 2 fully saturated rings. The van der Waals surface area contributed by atoms with Crippen LogP contribution in [-0.4, -0.2) is 63.4 Å². The highest BCUT2D eigenvalue weighted by Gasteiger charge is 2.42. The third-order valence-corrected chi connectivity index (χ3v) is 6.97. The molecular weight excluding hydrogens is 370 g/mol. The third kappa shape index (κ3) is 3.53. The molecule has 1 saturated heterocycles. The smallest absolute Gasteiger partial charge is 0.332 e. The highest BCUT2D eigenvalue weighted by Crippen LogP contribution is 2.35. The largest absolute Gasteiger partial charge is 0.495 e. The van der Waals surface area contributed by atoms with E-state index in [1.807, 2.05) is 0 Å². The second kappa shape index (κ2) is 7.47. The molecule has 27 heavy (non-hydrogen) atoms. The molecule has 1 aliphatic heterocycles. The molecule has 0 radical (unpaired) electrons. The summed E-state index contributed by atoms with van der Waals surface area (Å²) >= 11 is 0. The van der Waals surface area contributed by atoms with E-state index >= 15 is 0 Å². The molecule has 1 aromatic rings. The molecule has 148 valence electrons. The van der Waals surface area contributed by atoms with E-state index in [1.165, 1.54) is 49.2 Å². The van der Waals surface area contributed by atoms with E-state index in [4.69, 9.17) is 4.74 Å². The van der Waals surface area contributed by atoms with Gasteiger partial charge in [-0.25, -0.2) is 17.5 Å². The van der Waals surface area contributed by atoms with Gasteiger partial charge in [0.05, 0.1) is 17.7 Å². The van der Waals surface area contributed by atoms with Crippen molar-refractivity contribution in [2.45, 2.75) is 43.0 Å². The molecule has 0 atom stereocenters. The van der Waals surface area contributed by atoms with Crippen molar-refractivity contribution in [1.82, 2.24) is 9.21 Å². The molecule has 9 heteroatoms. The van der Waals surface area contributed by atoms with Gasteiger partial charge < -0.3 is 4.74 Å². The molecule has 8 nitrogen and oxygen atoms in total. The molecule has 0 unspecified atom stereocenters. The van der Waals surface area contributed by atoms with E-state index in [-0.39, 0.29) is 35.2 Å². The van der Waals surface area contributed by atoms with Crippen molar-refractivity contribution < 1.29 is 22.7 Å². The minimum atomic E-state index is -3.63. The van der Waals surface area contributed by atoms with E-state index in [0.717, 1.165) is 36.4 Å². The SMILES string of the molecule is COc1cc(S(=O)(=O)N(C)C)ccc1N1CC(=O)N(C2CCCCC2)C1=O. The Morgan fingerprint density at radius 2 is 1.78 bits per heavy atom. The Balaban J connectivity index is 1.92. The Kier molecular flexibility index (Phi) is 5.43. The average Bonchev–Trinajstić information content (AvgIpc) is 2.95. The molecule has 3 rings (SSSR count). The van der Waals surface area contributed by atoms with Crippen molar-refractivity contribution in [2.75, 3.05) is 32.6 Å². The first-order valence-electron chi connectivity index (χ1n) is 9.01. The van der Waals surface area contributed by atoms with Crippen LogP contribution in [0.2, 0.25) is 0 Å². The Morgan fingerprint density at radius 3 is 2.37 bits per heavy atom. The van der Waals surface area contributed by atoms with Crippen LogP contribution < -0.4 is 9.64 Å². The molecule has 0 spiro atoms. The second-order valence-electron chi connectivity index (χ2n) is 7.05. The van der Waals surface area contributed by atoms with Crippen molar-refractivity contribution in [3.8, 4) is 5.75 Å². The van der Waals surface area contributed by atoms with Gasteiger partial charge >= 0.3 is 6.03 Å². The van der Waals surface area contributed by atoms with Gasteiger partial charge in [-0.1, -0.05) is 19.3 Å². The van der Waals surface area contributed by atoms with Crippen LogP contribution in [0.15, 0.2) is 23.1 Å². The van der Waals surface area contributed by atoms with E-state index in [9.17, 15) is 18.0 Å². The number of sulfonamides is 1. The summed E-state index contributed by atoms with van der Waals surface area (Å²) in [5, 5.41) is 0. The van der Waals surface area contributed by atoms with E-state index in [1.54, 1.807) is 0 Å². The van der Waals surface area contributed by atoms with Crippen molar-refractivity contribution in [2.24, 2.45) is 0 Å². The summed E-state index contributed by atoms with van der Waals surface area (Å²) in [6.07, 6.45) is 4.83. The number of hydrogen-bond acceptors (Lipinski definition) is 5. The number of carbonyl (C=O) groups excluding carboxylic acids is 2. The predicted molar refractivity (Wildman–Crippen MR) is 100 cm³/mol. The molecule has 0 bridgehead atoms. The van der Waals surface area contributed by atoms with Gasteiger partial charge in [0.15, 0.2) is 0 Å². The van der Waals surface area contributed by atoms with Crippen molar-refractivity contribution in [3.63, 3.8) is 0 Å². The normalized spacial score (nSPS) is 19.3. The molecule has 1 saturated carbocycles. The van der Waals surface area contributed by atoms with Crippen molar-refractivity contribution >= 4 is 27.6 Å². The minimum absolute atomic E-state index is 0.0527. The molecule has 0 N–H and O–H groups in total. The third-order valence-electron chi connectivity index (χ3n) is 5.16. The molecular formula is C18H25N3O5S. The summed E-state index contributed by atoms with van der Waals surface area (Å²) in [6, 6.07) is 3.90. The Labute approximate surface area is 159 Å². The summed E-state index contributed by atoms with van der Waals surface area (Å²) in [5.41, 5.74) is 0.395. The van der Waals surface area contributed by atoms with Crippen LogP contribution in [0.1, 0.15) is 32.1 Å². The maximum absolute atomic E-state index is 12.9. The zero-order valence-electron chi connectivity index (χ0n) is 15.8. The lowest BCUT2D eigenvalue weighted by atomic mass is 9.94. The number of methoxy groups -OCH3 is 1. The Hall–Kier alpha value is -2.13. The van der Waals surface area contributed by atoms with Gasteiger partial charge in [0.2, 0.25) is 10.0 Å². The number of urea groups is 1. The lowest BCUT2D eigenvalue weighted by molar-refractivity contribution is -0.126. The van der Waals surface area contributed by atoms with Gasteiger partial charge in [-0.05, 0) is 25.0 Å². The fourth-order valence-corrected chi connectivity index (χ4v) is 4.57. The number of rotatable bonds is 5. The quantitative estimate of drug-likeness (QED) is 0.712. The average molecular weight is 395 g/mol. The summed E-state index contributed by atoms with van der Waals surface area (Å²) in [7, 11) is 0.669. The first kappa shape index (κ1) is 19.6. The fraction of sp³-hybridized carbons (Fsp3) is 0.556. The van der Waals surface area contributed by atoms with Crippen LogP contribution in [0, 0.1) is 0 Å². The first-order chi connectivity index (χ1) is 12.8. The van der Waals surface area contributed by atoms with Gasteiger partial charge in [0.25, 0.3) is 5.91 Å². The predicted octanol–water partition coefficient (Wildman–Crippen LogP) is 2.05. The maximum Gasteiger partial charge on any atom is 0.332 e. The number of carbonyl (C=O) groups is 2. The monoisotopic (exact) mass is 395 g/mol. The van der Waals surface area contributed by atoms with Crippen LogP contribution in [0.25, 0.3) is 0 Å². The van der Waals surface area contributed by atoms with Gasteiger partial charge in [-0.15, -0.1) is 0 Å². The van der Waals surface area contributed by atoms with Gasteiger partial charge in [0, 0.05) is 26.2 Å². The van der Waals surface area contributed by atoms with Crippen molar-refractivity contribution in [1.29, 1.82) is 0 Å². The number of imide groups is 1. The Bertz CT molecular complexity index is 847. The highest BCUT2D eigenvalue weighted by atomic mass is 32.2. The van der Waals surface area contributed by atoms with Crippen LogP contribution in [-0.2, 0) is 14.8 Å². The molecule has 1 aromatic carbocycles. The van der Waals surface area contributed by atoms with Gasteiger partial charge in [-0.3, -0.25) is 14.6 Å². The Morgan fingerprint density at radius 1 is 1.11 bits per heavy atom. The number of amides is 3. The lowest BCUT2D eigenvalue weighted by Gasteiger charge is -2.29. The zero-order valence-corrected chi connectivity index (χ0v) is 16.7. The summed E-state index contributed by atoms with van der Waals surface area (Å²) in [4.78, 5) is 28.2. The number of nitrogens with zero attached hydrogens (tertiary/aromatic N) is 3. The van der Waals surface area contributed by atoms with E-state index < -0.39 is 10.0 Å². The lowest BCUT2D eigenvalue weighted by Crippen LogP contribution is -2.42. The van der Waals surface area contributed by atoms with E-state index in [2.05, 4.69) is 0 Å². The summed E-state index contributed by atoms with van der Waals surface area (Å²) < 4.78 is 31.1. The van der Waals surface area contributed by atoms with Gasteiger partial charge in [0.1, 0.15) is 12.3 Å². The number of ether oxygens (including phenoxy) is 1. The second-order valence-corrected chi connectivity index (χ2v) is 9.20. The minimum Gasteiger partial charge on any atom is -0.495 e. The molecule has 1 aliphatic carbocycles. The molecule has 1 heterocycles. The number of anilines is 1. The number of hydrogen-bond donors (Lipinski definition) is 0. The topological polar surface area (TPSA) is 87.2 Å². The standard InChI is InChI=1S/C18H25N3O5S/c1-19(2)27(24,25)14-9-10-15(16(11-14)26-3)20-12-17(22)21(18(20)23)13-7-5-4-6-8-13/h9-11,13H,4-8,12H2,1-3H3. The van der Waals surface area contributed by atoms with Crippen molar-refractivity contribution in [3.05, 3.63) is 18.2 Å². The molecule has 2 aliphatic rings. The van der Waals surface area contributed by atoms with Gasteiger partial charge in [-0.2, -0.15) is 0 Å². The van der Waals surface area contributed by atoms with Crippen LogP contribution in [0.4, 0.5) is 10.5 Å². The molecule has 3 amide bonds. The zero-order chi connectivity index (χ0) is 19.8. The summed E-state index contributed by atoms with van der Waals surface area (Å²) in [6.45, 7) is -0.0640. The maximum atomic E-state index is 12.9. The fourth-order valence-electron chi connectivity index (χ4n) is 3.66. The number of benzene rings is 1.